The van der Waals surface area contributed by atoms with Gasteiger partial charge >= 0.3 is 5.97 Å². The Morgan fingerprint density at radius 3 is 2.35 bits per heavy atom. The van der Waals surface area contributed by atoms with E-state index in [2.05, 4.69) is 0 Å². The second-order valence-electron chi connectivity index (χ2n) is 5.30. The number of hydrogen-bond acceptors (Lipinski definition) is 3. The minimum Gasteiger partial charge on any atom is -0.480 e. The Hall–Kier alpha value is -1.88. The molecule has 1 aromatic carbocycles. The highest BCUT2D eigenvalue weighted by Crippen LogP contribution is 2.06. The summed E-state index contributed by atoms with van der Waals surface area (Å²) in [6.45, 7) is 3.96. The van der Waals surface area contributed by atoms with Crippen molar-refractivity contribution in [2.45, 2.75) is 26.3 Å². The van der Waals surface area contributed by atoms with Crippen molar-refractivity contribution in [3.63, 3.8) is 0 Å². The molecule has 0 heterocycles. The molecule has 1 aromatic rings. The Morgan fingerprint density at radius 1 is 1.25 bits per heavy atom. The van der Waals surface area contributed by atoms with E-state index in [0.29, 0.717) is 13.0 Å². The number of benzene rings is 1. The molecular weight excluding hydrogens is 256 g/mol. The van der Waals surface area contributed by atoms with E-state index in [1.807, 2.05) is 44.2 Å². The summed E-state index contributed by atoms with van der Waals surface area (Å²) in [4.78, 5) is 24.4. The SMILES string of the molecule is CC(C)CN(CC(=O)O)C(=O)C(N)Cc1ccccc1. The van der Waals surface area contributed by atoms with Crippen LogP contribution < -0.4 is 5.73 Å². The average molecular weight is 278 g/mol. The van der Waals surface area contributed by atoms with Crippen LogP contribution in [-0.2, 0) is 16.0 Å². The Labute approximate surface area is 119 Å². The van der Waals surface area contributed by atoms with Crippen LogP contribution in [0.3, 0.4) is 0 Å². The average Bonchev–Trinajstić information content (AvgIpc) is 2.37. The van der Waals surface area contributed by atoms with E-state index in [1.54, 1.807) is 0 Å². The molecule has 1 unspecified atom stereocenters. The first-order valence-corrected chi connectivity index (χ1v) is 6.70. The highest BCUT2D eigenvalue weighted by molar-refractivity contribution is 5.85. The second-order valence-corrected chi connectivity index (χ2v) is 5.30. The normalized spacial score (nSPS) is 12.2. The molecule has 0 bridgehead atoms. The van der Waals surface area contributed by atoms with Crippen LogP contribution in [0.15, 0.2) is 30.3 Å². The second kappa shape index (κ2) is 7.65. The smallest absolute Gasteiger partial charge is 0.323 e. The lowest BCUT2D eigenvalue weighted by molar-refractivity contribution is -0.145. The zero-order valence-electron chi connectivity index (χ0n) is 12.0. The van der Waals surface area contributed by atoms with Crippen LogP contribution in [0.4, 0.5) is 0 Å². The number of carbonyl (C=O) groups is 2. The van der Waals surface area contributed by atoms with E-state index in [9.17, 15) is 9.59 Å². The van der Waals surface area contributed by atoms with Gasteiger partial charge in [-0.3, -0.25) is 9.59 Å². The number of nitrogens with zero attached hydrogens (tertiary/aromatic N) is 1. The number of nitrogens with two attached hydrogens (primary N) is 1. The quantitative estimate of drug-likeness (QED) is 0.783. The summed E-state index contributed by atoms with van der Waals surface area (Å²) in [5.74, 6) is -1.14. The lowest BCUT2D eigenvalue weighted by Gasteiger charge is -2.25. The molecule has 5 nitrogen and oxygen atoms in total. The zero-order chi connectivity index (χ0) is 15.1. The van der Waals surface area contributed by atoms with Crippen LogP contribution >= 0.6 is 0 Å². The highest BCUT2D eigenvalue weighted by Gasteiger charge is 2.23. The molecule has 110 valence electrons. The third-order valence-electron chi connectivity index (χ3n) is 2.84. The van der Waals surface area contributed by atoms with E-state index >= 15 is 0 Å². The maximum Gasteiger partial charge on any atom is 0.323 e. The molecule has 0 aliphatic carbocycles. The van der Waals surface area contributed by atoms with Gasteiger partial charge in [-0.25, -0.2) is 0 Å². The molecule has 0 aromatic heterocycles. The molecule has 0 aliphatic heterocycles. The van der Waals surface area contributed by atoms with Gasteiger partial charge in [0, 0.05) is 6.54 Å². The summed E-state index contributed by atoms with van der Waals surface area (Å²) in [7, 11) is 0. The van der Waals surface area contributed by atoms with Crippen LogP contribution in [0.5, 0.6) is 0 Å². The number of carbonyl (C=O) groups excluding carboxylic acids is 1. The molecule has 1 atom stereocenters. The van der Waals surface area contributed by atoms with Crippen molar-refractivity contribution in [1.82, 2.24) is 4.90 Å². The van der Waals surface area contributed by atoms with Crippen molar-refractivity contribution in [2.24, 2.45) is 11.7 Å². The van der Waals surface area contributed by atoms with Gasteiger partial charge < -0.3 is 15.7 Å². The van der Waals surface area contributed by atoms with Gasteiger partial charge in [0.25, 0.3) is 0 Å². The van der Waals surface area contributed by atoms with Crippen LogP contribution in [0.2, 0.25) is 0 Å². The number of amides is 1. The molecule has 3 N–H and O–H groups in total. The molecule has 0 saturated heterocycles. The van der Waals surface area contributed by atoms with Crippen molar-refractivity contribution in [2.75, 3.05) is 13.1 Å². The fourth-order valence-electron chi connectivity index (χ4n) is 2.03. The summed E-state index contributed by atoms with van der Waals surface area (Å²) < 4.78 is 0. The Balaban J connectivity index is 2.69. The third kappa shape index (κ3) is 5.40. The van der Waals surface area contributed by atoms with Crippen molar-refractivity contribution in [3.8, 4) is 0 Å². The Morgan fingerprint density at radius 2 is 1.85 bits per heavy atom. The summed E-state index contributed by atoms with van der Waals surface area (Å²) in [6, 6.07) is 8.75. The van der Waals surface area contributed by atoms with E-state index in [4.69, 9.17) is 10.8 Å². The molecule has 0 fully saturated rings. The minimum atomic E-state index is -1.02. The number of rotatable bonds is 7. The van der Waals surface area contributed by atoms with Gasteiger partial charge in [0.1, 0.15) is 6.54 Å². The summed E-state index contributed by atoms with van der Waals surface area (Å²) >= 11 is 0. The van der Waals surface area contributed by atoms with Gasteiger partial charge in [0.15, 0.2) is 0 Å². The predicted molar refractivity (Wildman–Crippen MR) is 77.2 cm³/mol. The monoisotopic (exact) mass is 278 g/mol. The lowest BCUT2D eigenvalue weighted by Crippen LogP contribution is -2.48. The molecule has 5 heteroatoms. The maximum absolute atomic E-state index is 12.3. The summed E-state index contributed by atoms with van der Waals surface area (Å²) in [5, 5.41) is 8.88. The largest absolute Gasteiger partial charge is 0.480 e. The van der Waals surface area contributed by atoms with E-state index in [1.165, 1.54) is 4.90 Å². The minimum absolute atomic E-state index is 0.197. The first kappa shape index (κ1) is 16.2. The standard InChI is InChI=1S/C15H22N2O3/c1-11(2)9-17(10-14(18)19)15(20)13(16)8-12-6-4-3-5-7-12/h3-7,11,13H,8-10,16H2,1-2H3,(H,18,19). The fraction of sp³-hybridized carbons (Fsp3) is 0.467. The maximum atomic E-state index is 12.3. The molecule has 0 saturated carbocycles. The molecule has 1 rings (SSSR count). The molecule has 0 spiro atoms. The molecule has 0 radical (unpaired) electrons. The van der Waals surface area contributed by atoms with Crippen LogP contribution in [0.1, 0.15) is 19.4 Å². The lowest BCUT2D eigenvalue weighted by atomic mass is 10.0. The highest BCUT2D eigenvalue weighted by atomic mass is 16.4. The van der Waals surface area contributed by atoms with Crippen LogP contribution in [0.25, 0.3) is 0 Å². The van der Waals surface area contributed by atoms with Crippen molar-refractivity contribution in [1.29, 1.82) is 0 Å². The van der Waals surface area contributed by atoms with Gasteiger partial charge in [-0.15, -0.1) is 0 Å². The molecular formula is C15H22N2O3. The number of carboxylic acid groups (broad SMARTS) is 1. The summed E-state index contributed by atoms with van der Waals surface area (Å²) in [6.07, 6.45) is 0.411. The molecule has 20 heavy (non-hydrogen) atoms. The number of hydrogen-bond donors (Lipinski definition) is 2. The van der Waals surface area contributed by atoms with Crippen molar-refractivity contribution >= 4 is 11.9 Å². The van der Waals surface area contributed by atoms with Crippen LogP contribution in [-0.4, -0.2) is 41.0 Å². The fourth-order valence-corrected chi connectivity index (χ4v) is 2.03. The summed E-state index contributed by atoms with van der Waals surface area (Å²) in [5.41, 5.74) is 6.88. The molecule has 0 aliphatic rings. The van der Waals surface area contributed by atoms with Crippen molar-refractivity contribution < 1.29 is 14.7 Å². The first-order valence-electron chi connectivity index (χ1n) is 6.70. The Kier molecular flexibility index (Phi) is 6.18. The van der Waals surface area contributed by atoms with E-state index < -0.39 is 12.0 Å². The van der Waals surface area contributed by atoms with Gasteiger partial charge in [0.2, 0.25) is 5.91 Å². The van der Waals surface area contributed by atoms with Crippen molar-refractivity contribution in [3.05, 3.63) is 35.9 Å². The van der Waals surface area contributed by atoms with Gasteiger partial charge in [-0.2, -0.15) is 0 Å². The Bertz CT molecular complexity index is 446. The van der Waals surface area contributed by atoms with E-state index in [-0.39, 0.29) is 18.4 Å². The van der Waals surface area contributed by atoms with Gasteiger partial charge in [0.05, 0.1) is 6.04 Å². The number of carboxylic acids is 1. The predicted octanol–water partition coefficient (Wildman–Crippen LogP) is 1.13. The van der Waals surface area contributed by atoms with Gasteiger partial charge in [-0.05, 0) is 17.9 Å². The van der Waals surface area contributed by atoms with E-state index in [0.717, 1.165) is 5.56 Å². The first-order chi connectivity index (χ1) is 9.40. The zero-order valence-corrected chi connectivity index (χ0v) is 12.0. The topological polar surface area (TPSA) is 83.6 Å². The third-order valence-corrected chi connectivity index (χ3v) is 2.84. The molecule has 1 amide bonds. The van der Waals surface area contributed by atoms with Crippen LogP contribution in [0, 0.1) is 5.92 Å². The van der Waals surface area contributed by atoms with Gasteiger partial charge in [-0.1, -0.05) is 44.2 Å². The number of aliphatic carboxylic acids is 1.